The van der Waals surface area contributed by atoms with E-state index in [0.717, 1.165) is 26.2 Å². The van der Waals surface area contributed by atoms with Crippen molar-refractivity contribution in [2.24, 2.45) is 0 Å². The average Bonchev–Trinajstić information content (AvgIpc) is 2.95. The Morgan fingerprint density at radius 2 is 1.95 bits per heavy atom. The molecule has 1 saturated heterocycles. The number of nitrogens with one attached hydrogen (secondary N) is 2. The van der Waals surface area contributed by atoms with E-state index in [-0.39, 0.29) is 5.41 Å². The summed E-state index contributed by atoms with van der Waals surface area (Å²) >= 11 is 5.33. The minimum absolute atomic E-state index is 0.279. The SMILES string of the molecule is Brc1csc(CNCC2(c3ccccc3)CCNCC2)c1. The minimum atomic E-state index is 0.279. The molecule has 0 saturated carbocycles. The van der Waals surface area contributed by atoms with Gasteiger partial charge in [0.15, 0.2) is 0 Å². The third-order valence-electron chi connectivity index (χ3n) is 4.33. The molecule has 0 aliphatic carbocycles. The monoisotopic (exact) mass is 364 g/mol. The van der Waals surface area contributed by atoms with E-state index < -0.39 is 0 Å². The molecule has 2 heterocycles. The van der Waals surface area contributed by atoms with Crippen molar-refractivity contribution in [2.45, 2.75) is 24.8 Å². The molecule has 1 aliphatic heterocycles. The molecule has 2 aromatic rings. The molecule has 1 aromatic carbocycles. The summed E-state index contributed by atoms with van der Waals surface area (Å²) in [5.74, 6) is 0. The number of benzene rings is 1. The van der Waals surface area contributed by atoms with Gasteiger partial charge in [0, 0.05) is 33.2 Å². The fourth-order valence-electron chi connectivity index (χ4n) is 3.14. The third kappa shape index (κ3) is 3.75. The van der Waals surface area contributed by atoms with Gasteiger partial charge in [-0.25, -0.2) is 0 Å². The zero-order chi connectivity index (χ0) is 14.5. The van der Waals surface area contributed by atoms with E-state index in [1.165, 1.54) is 27.8 Å². The van der Waals surface area contributed by atoms with Crippen molar-refractivity contribution in [3.8, 4) is 0 Å². The zero-order valence-corrected chi connectivity index (χ0v) is 14.5. The fraction of sp³-hybridized carbons (Fsp3) is 0.412. The highest BCUT2D eigenvalue weighted by Gasteiger charge is 2.33. The van der Waals surface area contributed by atoms with Crippen LogP contribution in [-0.2, 0) is 12.0 Å². The maximum absolute atomic E-state index is 3.69. The van der Waals surface area contributed by atoms with Gasteiger partial charge in [0.05, 0.1) is 0 Å². The topological polar surface area (TPSA) is 24.1 Å². The molecule has 3 rings (SSSR count). The van der Waals surface area contributed by atoms with Crippen LogP contribution in [0.3, 0.4) is 0 Å². The van der Waals surface area contributed by atoms with Gasteiger partial charge in [-0.2, -0.15) is 0 Å². The Kier molecular flexibility index (Phi) is 5.11. The van der Waals surface area contributed by atoms with Crippen LogP contribution in [0.25, 0.3) is 0 Å². The highest BCUT2D eigenvalue weighted by atomic mass is 79.9. The average molecular weight is 365 g/mol. The van der Waals surface area contributed by atoms with Crippen LogP contribution in [0.2, 0.25) is 0 Å². The van der Waals surface area contributed by atoms with Crippen LogP contribution in [-0.4, -0.2) is 19.6 Å². The smallest absolute Gasteiger partial charge is 0.0300 e. The lowest BCUT2D eigenvalue weighted by Gasteiger charge is -2.38. The lowest BCUT2D eigenvalue weighted by molar-refractivity contribution is 0.293. The lowest BCUT2D eigenvalue weighted by Crippen LogP contribution is -2.46. The normalized spacial score (nSPS) is 17.8. The maximum Gasteiger partial charge on any atom is 0.0300 e. The first-order chi connectivity index (χ1) is 10.3. The molecule has 112 valence electrons. The predicted molar refractivity (Wildman–Crippen MR) is 93.9 cm³/mol. The van der Waals surface area contributed by atoms with Crippen molar-refractivity contribution in [1.82, 2.24) is 10.6 Å². The molecule has 0 unspecified atom stereocenters. The first-order valence-electron chi connectivity index (χ1n) is 7.48. The lowest BCUT2D eigenvalue weighted by atomic mass is 9.73. The van der Waals surface area contributed by atoms with Crippen LogP contribution in [0.5, 0.6) is 0 Å². The van der Waals surface area contributed by atoms with E-state index in [0.29, 0.717) is 0 Å². The first kappa shape index (κ1) is 15.2. The molecule has 0 radical (unpaired) electrons. The number of hydrogen-bond acceptors (Lipinski definition) is 3. The van der Waals surface area contributed by atoms with Crippen molar-refractivity contribution in [1.29, 1.82) is 0 Å². The Balaban J connectivity index is 1.68. The standard InChI is InChI=1S/C17H21BrN2S/c18-15-10-16(21-12-15)11-20-13-17(6-8-19-9-7-17)14-4-2-1-3-5-14/h1-5,10,12,19-20H,6-9,11,13H2. The van der Waals surface area contributed by atoms with Crippen LogP contribution in [0.4, 0.5) is 0 Å². The van der Waals surface area contributed by atoms with Crippen LogP contribution >= 0.6 is 27.3 Å². The second kappa shape index (κ2) is 7.05. The van der Waals surface area contributed by atoms with Gasteiger partial charge in [-0.3, -0.25) is 0 Å². The van der Waals surface area contributed by atoms with Gasteiger partial charge in [-0.05, 0) is 53.5 Å². The molecule has 0 amide bonds. The minimum Gasteiger partial charge on any atom is -0.317 e. The Labute approximate surface area is 139 Å². The number of rotatable bonds is 5. The largest absolute Gasteiger partial charge is 0.317 e. The molecule has 2 nitrogen and oxygen atoms in total. The van der Waals surface area contributed by atoms with Crippen molar-refractivity contribution >= 4 is 27.3 Å². The van der Waals surface area contributed by atoms with Crippen molar-refractivity contribution in [2.75, 3.05) is 19.6 Å². The quantitative estimate of drug-likeness (QED) is 0.839. The zero-order valence-electron chi connectivity index (χ0n) is 12.1. The number of piperidine rings is 1. The molecular weight excluding hydrogens is 344 g/mol. The summed E-state index contributed by atoms with van der Waals surface area (Å²) in [7, 11) is 0. The summed E-state index contributed by atoms with van der Waals surface area (Å²) in [5, 5.41) is 9.32. The second-order valence-corrected chi connectivity index (χ2v) is 7.64. The van der Waals surface area contributed by atoms with Gasteiger partial charge in [-0.15, -0.1) is 11.3 Å². The molecule has 0 spiro atoms. The highest BCUT2D eigenvalue weighted by molar-refractivity contribution is 9.10. The predicted octanol–water partition coefficient (Wildman–Crippen LogP) is 3.92. The van der Waals surface area contributed by atoms with E-state index in [9.17, 15) is 0 Å². The van der Waals surface area contributed by atoms with Crippen LogP contribution < -0.4 is 10.6 Å². The van der Waals surface area contributed by atoms with E-state index in [1.807, 2.05) is 11.3 Å². The van der Waals surface area contributed by atoms with Gasteiger partial charge in [0.2, 0.25) is 0 Å². The van der Waals surface area contributed by atoms with Crippen LogP contribution in [0, 0.1) is 0 Å². The summed E-state index contributed by atoms with van der Waals surface area (Å²) in [6.45, 7) is 4.23. The summed E-state index contributed by atoms with van der Waals surface area (Å²) in [6.07, 6.45) is 2.41. The van der Waals surface area contributed by atoms with Gasteiger partial charge >= 0.3 is 0 Å². The third-order valence-corrected chi connectivity index (χ3v) is 6.03. The van der Waals surface area contributed by atoms with Crippen molar-refractivity contribution < 1.29 is 0 Å². The summed E-state index contributed by atoms with van der Waals surface area (Å²) < 4.78 is 1.18. The Morgan fingerprint density at radius 1 is 1.19 bits per heavy atom. The van der Waals surface area contributed by atoms with Gasteiger partial charge < -0.3 is 10.6 Å². The summed E-state index contributed by atoms with van der Waals surface area (Å²) in [4.78, 5) is 1.39. The van der Waals surface area contributed by atoms with E-state index in [4.69, 9.17) is 0 Å². The molecule has 0 bridgehead atoms. The molecule has 0 atom stereocenters. The highest BCUT2D eigenvalue weighted by Crippen LogP contribution is 2.33. The van der Waals surface area contributed by atoms with E-state index >= 15 is 0 Å². The first-order valence-corrected chi connectivity index (χ1v) is 9.16. The molecule has 1 aromatic heterocycles. The van der Waals surface area contributed by atoms with E-state index in [2.05, 4.69) is 68.3 Å². The Morgan fingerprint density at radius 3 is 2.62 bits per heavy atom. The van der Waals surface area contributed by atoms with Gasteiger partial charge in [0.25, 0.3) is 0 Å². The Hall–Kier alpha value is -0.680. The summed E-state index contributed by atoms with van der Waals surface area (Å²) in [6, 6.07) is 13.2. The molecule has 2 N–H and O–H groups in total. The Bertz CT molecular complexity index is 561. The maximum atomic E-state index is 3.69. The fourth-order valence-corrected chi connectivity index (χ4v) is 4.56. The molecular formula is C17H21BrN2S. The molecule has 21 heavy (non-hydrogen) atoms. The molecule has 4 heteroatoms. The van der Waals surface area contributed by atoms with Crippen LogP contribution in [0.1, 0.15) is 23.3 Å². The summed E-state index contributed by atoms with van der Waals surface area (Å²) in [5.41, 5.74) is 1.76. The molecule has 1 aliphatic rings. The number of thiophene rings is 1. The van der Waals surface area contributed by atoms with Crippen molar-refractivity contribution in [3.05, 3.63) is 56.7 Å². The molecule has 1 fully saturated rings. The van der Waals surface area contributed by atoms with Crippen molar-refractivity contribution in [3.63, 3.8) is 0 Å². The van der Waals surface area contributed by atoms with E-state index in [1.54, 1.807) is 0 Å². The number of hydrogen-bond donors (Lipinski definition) is 2. The van der Waals surface area contributed by atoms with Gasteiger partial charge in [-0.1, -0.05) is 30.3 Å². The number of halogens is 1. The van der Waals surface area contributed by atoms with Crippen LogP contribution in [0.15, 0.2) is 46.3 Å². The van der Waals surface area contributed by atoms with Gasteiger partial charge in [0.1, 0.15) is 0 Å². The second-order valence-electron chi connectivity index (χ2n) is 5.73.